The van der Waals surface area contributed by atoms with Crippen LogP contribution in [-0.2, 0) is 6.42 Å². The molecule has 0 spiro atoms. The molecule has 2 aliphatic rings. The third-order valence-electron chi connectivity index (χ3n) is 7.74. The normalized spacial score (nSPS) is 21.3. The molecule has 2 atom stereocenters. The molecule has 0 saturated carbocycles. The summed E-state index contributed by atoms with van der Waals surface area (Å²) >= 11 is 0. The van der Waals surface area contributed by atoms with E-state index in [1.807, 2.05) is 6.92 Å². The smallest absolute Gasteiger partial charge is 0.135 e. The Morgan fingerprint density at radius 2 is 1.78 bits per heavy atom. The van der Waals surface area contributed by atoms with Gasteiger partial charge in [-0.15, -0.1) is 0 Å². The van der Waals surface area contributed by atoms with Gasteiger partial charge >= 0.3 is 0 Å². The first-order valence-electron chi connectivity index (χ1n) is 13.1. The highest BCUT2D eigenvalue weighted by Gasteiger charge is 2.41. The minimum atomic E-state index is -1.59. The second-order valence-corrected chi connectivity index (χ2v) is 11.2. The number of aromatic amines is 1. The van der Waals surface area contributed by atoms with Gasteiger partial charge in [0.25, 0.3) is 0 Å². The van der Waals surface area contributed by atoms with Crippen LogP contribution in [0.5, 0.6) is 5.75 Å². The van der Waals surface area contributed by atoms with Crippen LogP contribution in [0.15, 0.2) is 30.3 Å². The molecule has 4 nitrogen and oxygen atoms in total. The number of nitrogens with zero attached hydrogens (tertiary/aromatic N) is 2. The molecular formula is C29H35F4N3O. The van der Waals surface area contributed by atoms with Crippen molar-refractivity contribution < 1.29 is 22.3 Å². The van der Waals surface area contributed by atoms with Gasteiger partial charge in [-0.1, -0.05) is 13.3 Å². The monoisotopic (exact) mass is 517 g/mol. The Bertz CT molecular complexity index is 1260. The van der Waals surface area contributed by atoms with Crippen molar-refractivity contribution in [3.05, 3.63) is 64.6 Å². The van der Waals surface area contributed by atoms with Crippen molar-refractivity contribution in [1.29, 1.82) is 0 Å². The Morgan fingerprint density at radius 3 is 2.43 bits per heavy atom. The molecule has 1 fully saturated rings. The van der Waals surface area contributed by atoms with Gasteiger partial charge in [0.15, 0.2) is 0 Å². The lowest BCUT2D eigenvalue weighted by atomic mass is 9.87. The van der Waals surface area contributed by atoms with E-state index in [-0.39, 0.29) is 23.9 Å². The fourth-order valence-electron chi connectivity index (χ4n) is 5.84. The first kappa shape index (κ1) is 26.0. The van der Waals surface area contributed by atoms with Gasteiger partial charge in [-0.2, -0.15) is 0 Å². The van der Waals surface area contributed by atoms with Gasteiger partial charge in [-0.25, -0.2) is 17.6 Å². The number of benzene rings is 2. The van der Waals surface area contributed by atoms with Gasteiger partial charge in [0.2, 0.25) is 0 Å². The van der Waals surface area contributed by atoms with Crippen LogP contribution in [0.25, 0.3) is 10.9 Å². The zero-order valence-electron chi connectivity index (χ0n) is 21.9. The molecule has 0 unspecified atom stereocenters. The number of nitrogens with one attached hydrogen (secondary N) is 1. The van der Waals surface area contributed by atoms with Crippen molar-refractivity contribution in [2.24, 2.45) is 5.92 Å². The summed E-state index contributed by atoms with van der Waals surface area (Å²) < 4.78 is 65.9. The molecule has 2 aliphatic heterocycles. The Kier molecular flexibility index (Phi) is 7.00. The van der Waals surface area contributed by atoms with Crippen molar-refractivity contribution in [2.45, 2.75) is 58.3 Å². The summed E-state index contributed by atoms with van der Waals surface area (Å²) in [5, 5.41) is 0.810. The SMILES string of the molecule is CCC1CN(CCOc2cc(F)c([C@@H]3c4[nH]c5cc(F)ccc5c4C[C@@H](C)N3CC(C)(C)F)c(F)c2)C1. The van der Waals surface area contributed by atoms with E-state index in [1.165, 1.54) is 38.1 Å². The second kappa shape index (κ2) is 9.95. The summed E-state index contributed by atoms with van der Waals surface area (Å²) in [6.45, 7) is 10.1. The number of hydrogen-bond acceptors (Lipinski definition) is 3. The summed E-state index contributed by atoms with van der Waals surface area (Å²) in [7, 11) is 0. The topological polar surface area (TPSA) is 31.5 Å². The van der Waals surface area contributed by atoms with Crippen molar-refractivity contribution >= 4 is 10.9 Å². The first-order valence-corrected chi connectivity index (χ1v) is 13.1. The van der Waals surface area contributed by atoms with Crippen molar-refractivity contribution in [2.75, 3.05) is 32.8 Å². The van der Waals surface area contributed by atoms with Crippen molar-refractivity contribution in [3.63, 3.8) is 0 Å². The number of aromatic nitrogens is 1. The van der Waals surface area contributed by atoms with Crippen LogP contribution in [0.3, 0.4) is 0 Å². The van der Waals surface area contributed by atoms with Crippen LogP contribution in [0, 0.1) is 23.4 Å². The molecule has 3 aromatic rings. The number of likely N-dealkylation sites (tertiary alicyclic amines) is 1. The van der Waals surface area contributed by atoms with Gasteiger partial charge in [-0.3, -0.25) is 9.80 Å². The van der Waals surface area contributed by atoms with Crippen LogP contribution in [0.2, 0.25) is 0 Å². The number of alkyl halides is 1. The van der Waals surface area contributed by atoms with E-state index in [1.54, 1.807) is 11.0 Å². The van der Waals surface area contributed by atoms with Gasteiger partial charge in [0.05, 0.1) is 6.04 Å². The third-order valence-corrected chi connectivity index (χ3v) is 7.74. The fraction of sp³-hybridized carbons (Fsp3) is 0.517. The molecule has 1 aromatic heterocycles. The molecule has 5 rings (SSSR count). The lowest BCUT2D eigenvalue weighted by molar-refractivity contribution is 0.0641. The summed E-state index contributed by atoms with van der Waals surface area (Å²) in [6, 6.07) is 5.77. The summed E-state index contributed by atoms with van der Waals surface area (Å²) in [4.78, 5) is 7.26. The summed E-state index contributed by atoms with van der Waals surface area (Å²) in [5.41, 5.74) is 0.244. The van der Waals surface area contributed by atoms with Crippen molar-refractivity contribution in [1.82, 2.24) is 14.8 Å². The minimum Gasteiger partial charge on any atom is -0.492 e. The van der Waals surface area contributed by atoms with E-state index in [4.69, 9.17) is 4.74 Å². The molecule has 0 radical (unpaired) electrons. The number of halogens is 4. The summed E-state index contributed by atoms with van der Waals surface area (Å²) in [5.74, 6) is -1.05. The standard InChI is InChI=1S/C29H35F4N3O/c1-5-18-14-35(15-18)8-9-37-20-12-23(31)26(24(32)13-20)28-27-22(10-17(2)36(28)16-29(3,4)33)21-7-6-19(30)11-25(21)34-27/h6-7,11-13,17-18,28,34H,5,8-10,14-16H2,1-4H3/t17-,28-/m1/s1. The maximum atomic E-state index is 15.7. The van der Waals surface area contributed by atoms with E-state index in [0.29, 0.717) is 30.8 Å². The number of H-pyrrole nitrogens is 1. The molecule has 0 amide bonds. The minimum absolute atomic E-state index is 0.0201. The molecule has 3 heterocycles. The highest BCUT2D eigenvalue weighted by atomic mass is 19.1. The Morgan fingerprint density at radius 1 is 1.08 bits per heavy atom. The lowest BCUT2D eigenvalue weighted by Crippen LogP contribution is -2.48. The molecular weight excluding hydrogens is 482 g/mol. The van der Waals surface area contributed by atoms with Crippen LogP contribution < -0.4 is 4.74 Å². The second-order valence-electron chi connectivity index (χ2n) is 11.2. The van der Waals surface area contributed by atoms with Gasteiger partial charge < -0.3 is 9.72 Å². The number of hydrogen-bond donors (Lipinski definition) is 1. The predicted molar refractivity (Wildman–Crippen MR) is 137 cm³/mol. The third kappa shape index (κ3) is 5.23. The number of rotatable bonds is 8. The quantitative estimate of drug-likeness (QED) is 0.352. The van der Waals surface area contributed by atoms with Crippen molar-refractivity contribution in [3.8, 4) is 5.75 Å². The van der Waals surface area contributed by atoms with E-state index in [0.717, 1.165) is 36.4 Å². The average Bonchev–Trinajstić information content (AvgIpc) is 3.12. The van der Waals surface area contributed by atoms with E-state index < -0.39 is 29.2 Å². The van der Waals surface area contributed by atoms with E-state index >= 15 is 8.78 Å². The largest absolute Gasteiger partial charge is 0.492 e. The highest BCUT2D eigenvalue weighted by molar-refractivity contribution is 5.85. The molecule has 1 saturated heterocycles. The molecule has 37 heavy (non-hydrogen) atoms. The fourth-order valence-corrected chi connectivity index (χ4v) is 5.84. The van der Waals surface area contributed by atoms with Gasteiger partial charge in [-0.05, 0) is 56.9 Å². The number of ether oxygens (including phenoxy) is 1. The Hall–Kier alpha value is -2.58. The predicted octanol–water partition coefficient (Wildman–Crippen LogP) is 6.39. The zero-order valence-corrected chi connectivity index (χ0v) is 21.9. The average molecular weight is 518 g/mol. The Balaban J connectivity index is 1.48. The lowest BCUT2D eigenvalue weighted by Gasteiger charge is -2.43. The molecule has 0 aliphatic carbocycles. The van der Waals surface area contributed by atoms with Gasteiger partial charge in [0.1, 0.15) is 35.5 Å². The van der Waals surface area contributed by atoms with Crippen LogP contribution in [-0.4, -0.2) is 59.3 Å². The highest BCUT2D eigenvalue weighted by Crippen LogP contribution is 2.43. The first-order chi connectivity index (χ1) is 17.5. The maximum absolute atomic E-state index is 15.7. The van der Waals surface area contributed by atoms with Crippen LogP contribution in [0.4, 0.5) is 17.6 Å². The van der Waals surface area contributed by atoms with E-state index in [2.05, 4.69) is 16.8 Å². The van der Waals surface area contributed by atoms with Gasteiger partial charge in [0, 0.05) is 66.5 Å². The summed E-state index contributed by atoms with van der Waals surface area (Å²) in [6.07, 6.45) is 1.70. The number of fused-ring (bicyclic) bond motifs is 3. The Labute approximate surface area is 215 Å². The molecule has 1 N–H and O–H groups in total. The molecule has 200 valence electrons. The molecule has 8 heteroatoms. The molecule has 0 bridgehead atoms. The maximum Gasteiger partial charge on any atom is 0.135 e. The van der Waals surface area contributed by atoms with E-state index in [9.17, 15) is 8.78 Å². The zero-order chi connectivity index (χ0) is 26.5. The van der Waals surface area contributed by atoms with Crippen LogP contribution in [0.1, 0.15) is 57.0 Å². The molecule has 2 aromatic carbocycles. The van der Waals surface area contributed by atoms with Crippen LogP contribution >= 0.6 is 0 Å².